The smallest absolute Gasteiger partial charge is 0.214 e. The normalized spacial score (nSPS) is 10.7. The van der Waals surface area contributed by atoms with Gasteiger partial charge in [-0.25, -0.2) is 13.8 Å². The summed E-state index contributed by atoms with van der Waals surface area (Å²) in [7, 11) is 1.61. The first-order valence-electron chi connectivity index (χ1n) is 7.90. The maximum absolute atomic E-state index is 13.5. The number of ether oxygens (including phenoxy) is 1. The van der Waals surface area contributed by atoms with E-state index in [0.29, 0.717) is 30.4 Å². The third kappa shape index (κ3) is 3.79. The molecule has 0 fully saturated rings. The lowest BCUT2D eigenvalue weighted by atomic mass is 10.2. The van der Waals surface area contributed by atoms with Crippen LogP contribution in [-0.4, -0.2) is 18.6 Å². The molecule has 0 saturated carbocycles. The molecule has 0 unspecified atom stereocenters. The topological polar surface area (TPSA) is 38.5 Å². The Bertz CT molecular complexity index is 847. The molecule has 0 atom stereocenters. The van der Waals surface area contributed by atoms with Crippen molar-refractivity contribution in [3.05, 3.63) is 66.2 Å². The molecule has 0 amide bonds. The number of aromatic nitrogens is 1. The van der Waals surface area contributed by atoms with E-state index in [9.17, 15) is 8.78 Å². The summed E-state index contributed by atoms with van der Waals surface area (Å²) >= 11 is 0. The second-order valence-electron chi connectivity index (χ2n) is 5.46. The standard InChI is InChI=1S/C19H18F2N2O2/c1-3-23(14-6-9-16(20)17(21)10-14)12-19-22-11-18(25-19)13-4-7-15(24-2)8-5-13/h4-11H,3,12H2,1-2H3. The second-order valence-corrected chi connectivity index (χ2v) is 5.46. The minimum Gasteiger partial charge on any atom is -0.497 e. The van der Waals surface area contributed by atoms with E-state index in [2.05, 4.69) is 4.98 Å². The van der Waals surface area contributed by atoms with E-state index < -0.39 is 11.6 Å². The molecule has 130 valence electrons. The van der Waals surface area contributed by atoms with E-state index in [1.54, 1.807) is 13.3 Å². The van der Waals surface area contributed by atoms with Gasteiger partial charge < -0.3 is 14.1 Å². The highest BCUT2D eigenvalue weighted by molar-refractivity contribution is 5.57. The summed E-state index contributed by atoms with van der Waals surface area (Å²) in [6.07, 6.45) is 1.65. The molecule has 3 rings (SSSR count). The van der Waals surface area contributed by atoms with Gasteiger partial charge in [-0.3, -0.25) is 0 Å². The Hall–Kier alpha value is -2.89. The minimum atomic E-state index is -0.873. The molecule has 0 spiro atoms. The molecule has 0 aliphatic rings. The molecule has 0 N–H and O–H groups in total. The number of rotatable bonds is 6. The zero-order valence-corrected chi connectivity index (χ0v) is 14.0. The summed E-state index contributed by atoms with van der Waals surface area (Å²) in [5.41, 5.74) is 1.46. The summed E-state index contributed by atoms with van der Waals surface area (Å²) in [5, 5.41) is 0. The maximum Gasteiger partial charge on any atom is 0.214 e. The summed E-state index contributed by atoms with van der Waals surface area (Å²) in [6, 6.07) is 11.3. The molecular formula is C19H18F2N2O2. The summed E-state index contributed by atoms with van der Waals surface area (Å²) in [4.78, 5) is 6.13. The van der Waals surface area contributed by atoms with Gasteiger partial charge in [0.25, 0.3) is 0 Å². The Labute approximate surface area is 144 Å². The van der Waals surface area contributed by atoms with Crippen molar-refractivity contribution in [2.45, 2.75) is 13.5 Å². The molecule has 0 bridgehead atoms. The van der Waals surface area contributed by atoms with E-state index in [0.717, 1.165) is 17.4 Å². The van der Waals surface area contributed by atoms with Crippen LogP contribution in [0.25, 0.3) is 11.3 Å². The molecule has 0 aliphatic carbocycles. The molecule has 0 saturated heterocycles. The van der Waals surface area contributed by atoms with Crippen LogP contribution >= 0.6 is 0 Å². The summed E-state index contributed by atoms with van der Waals surface area (Å²) < 4.78 is 37.5. The Morgan fingerprint density at radius 1 is 1.08 bits per heavy atom. The van der Waals surface area contributed by atoms with Crippen LogP contribution in [0.2, 0.25) is 0 Å². The van der Waals surface area contributed by atoms with Gasteiger partial charge in [-0.1, -0.05) is 0 Å². The predicted molar refractivity (Wildman–Crippen MR) is 91.6 cm³/mol. The van der Waals surface area contributed by atoms with Gasteiger partial charge >= 0.3 is 0 Å². The van der Waals surface area contributed by atoms with Crippen molar-refractivity contribution in [3.63, 3.8) is 0 Å². The Morgan fingerprint density at radius 3 is 2.48 bits per heavy atom. The van der Waals surface area contributed by atoms with Crippen molar-refractivity contribution in [3.8, 4) is 17.1 Å². The fraction of sp³-hybridized carbons (Fsp3) is 0.211. The molecule has 4 nitrogen and oxygen atoms in total. The van der Waals surface area contributed by atoms with E-state index in [1.165, 1.54) is 12.1 Å². The maximum atomic E-state index is 13.5. The van der Waals surface area contributed by atoms with Gasteiger partial charge in [-0.15, -0.1) is 0 Å². The molecule has 6 heteroatoms. The fourth-order valence-electron chi connectivity index (χ4n) is 2.50. The molecule has 1 heterocycles. The van der Waals surface area contributed by atoms with Crippen LogP contribution in [0.4, 0.5) is 14.5 Å². The number of hydrogen-bond donors (Lipinski definition) is 0. The van der Waals surface area contributed by atoms with Crippen LogP contribution in [-0.2, 0) is 6.54 Å². The monoisotopic (exact) mass is 344 g/mol. The number of methoxy groups -OCH3 is 1. The SMILES string of the molecule is CCN(Cc1ncc(-c2ccc(OC)cc2)o1)c1ccc(F)c(F)c1. The van der Waals surface area contributed by atoms with Crippen LogP contribution < -0.4 is 9.64 Å². The average Bonchev–Trinajstić information content (AvgIpc) is 3.11. The number of anilines is 1. The van der Waals surface area contributed by atoms with Crippen molar-refractivity contribution < 1.29 is 17.9 Å². The van der Waals surface area contributed by atoms with Crippen LogP contribution in [0.3, 0.4) is 0 Å². The fourth-order valence-corrected chi connectivity index (χ4v) is 2.50. The first-order valence-corrected chi connectivity index (χ1v) is 7.90. The van der Waals surface area contributed by atoms with E-state index >= 15 is 0 Å². The zero-order chi connectivity index (χ0) is 17.8. The first kappa shape index (κ1) is 17.0. The van der Waals surface area contributed by atoms with Crippen LogP contribution in [0.15, 0.2) is 53.1 Å². The Morgan fingerprint density at radius 2 is 1.84 bits per heavy atom. The molecule has 0 radical (unpaired) electrons. The van der Waals surface area contributed by atoms with Crippen molar-refractivity contribution >= 4 is 5.69 Å². The largest absolute Gasteiger partial charge is 0.497 e. The quantitative estimate of drug-likeness (QED) is 0.652. The van der Waals surface area contributed by atoms with Gasteiger partial charge in [-0.2, -0.15) is 0 Å². The zero-order valence-electron chi connectivity index (χ0n) is 14.0. The van der Waals surface area contributed by atoms with E-state index in [1.807, 2.05) is 36.1 Å². The number of halogens is 2. The van der Waals surface area contributed by atoms with E-state index in [-0.39, 0.29) is 0 Å². The Kier molecular flexibility index (Phi) is 4.97. The van der Waals surface area contributed by atoms with E-state index in [4.69, 9.17) is 9.15 Å². The molecule has 0 aliphatic heterocycles. The van der Waals surface area contributed by atoms with Gasteiger partial charge in [0.05, 0.1) is 19.9 Å². The van der Waals surface area contributed by atoms with Crippen molar-refractivity contribution in [1.29, 1.82) is 0 Å². The molecular weight excluding hydrogens is 326 g/mol. The third-order valence-corrected chi connectivity index (χ3v) is 3.90. The minimum absolute atomic E-state index is 0.359. The lowest BCUT2D eigenvalue weighted by molar-refractivity contribution is 0.415. The third-order valence-electron chi connectivity index (χ3n) is 3.90. The molecule has 2 aromatic carbocycles. The van der Waals surface area contributed by atoms with Gasteiger partial charge in [-0.05, 0) is 43.3 Å². The molecule has 25 heavy (non-hydrogen) atoms. The van der Waals surface area contributed by atoms with Gasteiger partial charge in [0.15, 0.2) is 17.4 Å². The number of oxazole rings is 1. The number of hydrogen-bond acceptors (Lipinski definition) is 4. The predicted octanol–water partition coefficient (Wildman–Crippen LogP) is 4.65. The highest BCUT2D eigenvalue weighted by Gasteiger charge is 2.13. The highest BCUT2D eigenvalue weighted by Crippen LogP contribution is 2.25. The summed E-state index contributed by atoms with van der Waals surface area (Å²) in [5.74, 6) is 0.162. The van der Waals surface area contributed by atoms with Gasteiger partial charge in [0, 0.05) is 23.9 Å². The lowest BCUT2D eigenvalue weighted by Gasteiger charge is -2.21. The van der Waals surface area contributed by atoms with Crippen molar-refractivity contribution in [2.24, 2.45) is 0 Å². The Balaban J connectivity index is 1.77. The second kappa shape index (κ2) is 7.34. The van der Waals surface area contributed by atoms with Gasteiger partial charge in [0.1, 0.15) is 5.75 Å². The molecule has 3 aromatic rings. The van der Waals surface area contributed by atoms with Crippen molar-refractivity contribution in [1.82, 2.24) is 4.98 Å². The number of nitrogens with zero attached hydrogens (tertiary/aromatic N) is 2. The molecule has 1 aromatic heterocycles. The van der Waals surface area contributed by atoms with Crippen molar-refractivity contribution in [2.75, 3.05) is 18.6 Å². The average molecular weight is 344 g/mol. The van der Waals surface area contributed by atoms with Crippen LogP contribution in [0, 0.1) is 11.6 Å². The van der Waals surface area contributed by atoms with Gasteiger partial charge in [0.2, 0.25) is 5.89 Å². The summed E-state index contributed by atoms with van der Waals surface area (Å²) in [6.45, 7) is 2.89. The lowest BCUT2D eigenvalue weighted by Crippen LogP contribution is -2.22. The first-order chi connectivity index (χ1) is 12.1. The highest BCUT2D eigenvalue weighted by atomic mass is 19.2. The van der Waals surface area contributed by atoms with Crippen LogP contribution in [0.5, 0.6) is 5.75 Å². The number of benzene rings is 2. The van der Waals surface area contributed by atoms with Crippen LogP contribution in [0.1, 0.15) is 12.8 Å².